The van der Waals surface area contributed by atoms with E-state index in [0.717, 1.165) is 47.7 Å². The fourth-order valence-corrected chi connectivity index (χ4v) is 8.07. The summed E-state index contributed by atoms with van der Waals surface area (Å²) in [6.45, 7) is 4.86. The maximum atomic E-state index is 13.7. The maximum absolute atomic E-state index is 13.7. The predicted molar refractivity (Wildman–Crippen MR) is 159 cm³/mol. The van der Waals surface area contributed by atoms with Gasteiger partial charge in [0.2, 0.25) is 5.91 Å². The number of fused-ring (bicyclic) bond motifs is 1. The summed E-state index contributed by atoms with van der Waals surface area (Å²) < 4.78 is 30.7. The van der Waals surface area contributed by atoms with Crippen molar-refractivity contribution in [1.29, 1.82) is 0 Å². The molecule has 1 unspecified atom stereocenters. The molecular formula is C27H32N6O3S3. The Balaban J connectivity index is 1.41. The first-order chi connectivity index (χ1) is 18.9. The average Bonchev–Trinajstić information content (AvgIpc) is 3.62. The highest BCUT2D eigenvalue weighted by Gasteiger charge is 2.40. The fraction of sp³-hybridized carbons (Fsp3) is 0.370. The molecule has 206 valence electrons. The van der Waals surface area contributed by atoms with Crippen LogP contribution in [0, 0.1) is 0 Å². The number of amides is 1. The second kappa shape index (κ2) is 12.2. The molecule has 1 aliphatic rings. The van der Waals surface area contributed by atoms with Crippen LogP contribution in [0.1, 0.15) is 13.3 Å². The van der Waals surface area contributed by atoms with Crippen LogP contribution in [0.15, 0.2) is 64.4 Å². The molecule has 3 aromatic heterocycles. The van der Waals surface area contributed by atoms with Crippen molar-refractivity contribution >= 4 is 55.7 Å². The molecule has 4 aromatic rings. The van der Waals surface area contributed by atoms with E-state index in [1.165, 1.54) is 15.6 Å². The molecule has 39 heavy (non-hydrogen) atoms. The fourth-order valence-electron chi connectivity index (χ4n) is 4.96. The number of sulfonamides is 1. The first-order valence-corrected chi connectivity index (χ1v) is 16.6. The van der Waals surface area contributed by atoms with Gasteiger partial charge in [-0.3, -0.25) is 14.7 Å². The molecule has 0 bridgehead atoms. The minimum Gasteiger partial charge on any atom is -0.325 e. The number of rotatable bonds is 10. The summed E-state index contributed by atoms with van der Waals surface area (Å²) in [4.78, 5) is 24.8. The van der Waals surface area contributed by atoms with Gasteiger partial charge in [0.15, 0.2) is 0 Å². The Kier molecular flexibility index (Phi) is 8.67. The minimum absolute atomic E-state index is 0.256. The number of carbonyl (C=O) groups is 1. The number of hydrogen-bond donors (Lipinski definition) is 1. The van der Waals surface area contributed by atoms with Gasteiger partial charge in [-0.15, -0.1) is 11.3 Å². The molecule has 5 rings (SSSR count). The molecule has 4 heterocycles. The van der Waals surface area contributed by atoms with Crippen molar-refractivity contribution in [2.24, 2.45) is 0 Å². The molecule has 0 spiro atoms. The molecular weight excluding hydrogens is 553 g/mol. The van der Waals surface area contributed by atoms with Crippen LogP contribution in [0.3, 0.4) is 0 Å². The molecule has 1 aliphatic heterocycles. The van der Waals surface area contributed by atoms with Gasteiger partial charge in [-0.05, 0) is 73.7 Å². The number of carbonyl (C=O) groups excluding carboxylic acids is 1. The third-order valence-electron chi connectivity index (χ3n) is 6.87. The lowest BCUT2D eigenvalue weighted by atomic mass is 10.1. The normalized spacial score (nSPS) is 17.0. The van der Waals surface area contributed by atoms with Gasteiger partial charge >= 0.3 is 0 Å². The van der Waals surface area contributed by atoms with E-state index >= 15 is 0 Å². The highest BCUT2D eigenvalue weighted by molar-refractivity contribution is 7.98. The van der Waals surface area contributed by atoms with Gasteiger partial charge in [0.1, 0.15) is 16.1 Å². The summed E-state index contributed by atoms with van der Waals surface area (Å²) in [5.41, 5.74) is 3.27. The first-order valence-electron chi connectivity index (χ1n) is 12.9. The number of anilines is 1. The molecule has 1 atom stereocenters. The molecule has 12 heteroatoms. The van der Waals surface area contributed by atoms with Crippen molar-refractivity contribution in [3.05, 3.63) is 60.2 Å². The number of aromatic nitrogens is 3. The maximum Gasteiger partial charge on any atom is 0.253 e. The highest BCUT2D eigenvalue weighted by atomic mass is 32.2. The van der Waals surface area contributed by atoms with Crippen LogP contribution in [0.5, 0.6) is 0 Å². The van der Waals surface area contributed by atoms with Crippen LogP contribution >= 0.6 is 23.1 Å². The summed E-state index contributed by atoms with van der Waals surface area (Å²) in [6, 6.07) is 12.0. The number of nitrogens with one attached hydrogen (secondary N) is 1. The summed E-state index contributed by atoms with van der Waals surface area (Å²) in [7, 11) is -3.79. The molecule has 1 amide bonds. The smallest absolute Gasteiger partial charge is 0.253 e. The van der Waals surface area contributed by atoms with Crippen molar-refractivity contribution in [2.75, 3.05) is 43.5 Å². The Bertz CT molecular complexity index is 1520. The average molecular weight is 585 g/mol. The topological polar surface area (TPSA) is 100 Å². The number of benzene rings is 1. The molecule has 0 radical (unpaired) electrons. The standard InChI is InChI=1S/C27H32N6O3S3/c1-3-32-23-8-7-21(18-22(23)30-26(32)20-9-11-28-12-10-20)29-27(34)24-19-31(13-5-16-37-2)14-15-33(24)39(35,36)25-6-4-17-38-25/h4,6-12,17-18,24H,3,5,13-16,19H2,1-2H3,(H,29,34). The minimum atomic E-state index is -3.79. The lowest BCUT2D eigenvalue weighted by Gasteiger charge is -2.39. The van der Waals surface area contributed by atoms with Crippen LogP contribution in [0.4, 0.5) is 5.69 Å². The van der Waals surface area contributed by atoms with Crippen molar-refractivity contribution in [1.82, 2.24) is 23.7 Å². The van der Waals surface area contributed by atoms with E-state index in [9.17, 15) is 13.2 Å². The van der Waals surface area contributed by atoms with Crippen LogP contribution in [0.25, 0.3) is 22.4 Å². The van der Waals surface area contributed by atoms with Gasteiger partial charge in [-0.1, -0.05) is 6.07 Å². The van der Waals surface area contributed by atoms with E-state index < -0.39 is 16.1 Å². The van der Waals surface area contributed by atoms with Gasteiger partial charge in [-0.2, -0.15) is 16.1 Å². The third kappa shape index (κ3) is 5.90. The van der Waals surface area contributed by atoms with Crippen LogP contribution in [0.2, 0.25) is 0 Å². The molecule has 9 nitrogen and oxygen atoms in total. The number of aryl methyl sites for hydroxylation is 1. The zero-order valence-corrected chi connectivity index (χ0v) is 24.4. The van der Waals surface area contributed by atoms with Gasteiger partial charge in [-0.25, -0.2) is 13.4 Å². The van der Waals surface area contributed by atoms with Crippen molar-refractivity contribution in [3.8, 4) is 11.4 Å². The van der Waals surface area contributed by atoms with E-state index in [4.69, 9.17) is 4.98 Å². The van der Waals surface area contributed by atoms with E-state index in [2.05, 4.69) is 32.9 Å². The number of imidazole rings is 1. The summed E-state index contributed by atoms with van der Waals surface area (Å²) in [6.07, 6.45) is 6.54. The largest absolute Gasteiger partial charge is 0.325 e. The number of thiophene rings is 1. The number of hydrogen-bond acceptors (Lipinski definition) is 8. The van der Waals surface area contributed by atoms with E-state index in [1.54, 1.807) is 41.7 Å². The highest BCUT2D eigenvalue weighted by Crippen LogP contribution is 2.28. The Morgan fingerprint density at radius 2 is 2.00 bits per heavy atom. The quantitative estimate of drug-likeness (QED) is 0.278. The van der Waals surface area contributed by atoms with Crippen molar-refractivity contribution < 1.29 is 13.2 Å². The van der Waals surface area contributed by atoms with Gasteiger partial charge in [0.05, 0.1) is 11.0 Å². The third-order valence-corrected chi connectivity index (χ3v) is 10.8. The second-order valence-corrected chi connectivity index (χ2v) is 13.4. The van der Waals surface area contributed by atoms with Crippen molar-refractivity contribution in [2.45, 2.75) is 30.1 Å². The summed E-state index contributed by atoms with van der Waals surface area (Å²) >= 11 is 2.96. The molecule has 0 saturated carbocycles. The Morgan fingerprint density at radius 3 is 2.72 bits per heavy atom. The Hall–Kier alpha value is -2.77. The van der Waals surface area contributed by atoms with E-state index in [0.29, 0.717) is 18.8 Å². The predicted octanol–water partition coefficient (Wildman–Crippen LogP) is 4.25. The van der Waals surface area contributed by atoms with Gasteiger partial charge in [0.25, 0.3) is 10.0 Å². The van der Waals surface area contributed by atoms with Gasteiger partial charge < -0.3 is 9.88 Å². The lowest BCUT2D eigenvalue weighted by molar-refractivity contribution is -0.121. The monoisotopic (exact) mass is 584 g/mol. The zero-order valence-electron chi connectivity index (χ0n) is 22.0. The Labute approximate surface area is 237 Å². The number of pyridine rings is 1. The SMILES string of the molecule is CCn1c(-c2ccncc2)nc2cc(NC(=O)C3CN(CCCSC)CCN3S(=O)(=O)c3cccs3)ccc21. The Morgan fingerprint density at radius 1 is 1.18 bits per heavy atom. The van der Waals surface area contributed by atoms with Crippen LogP contribution in [-0.4, -0.2) is 82.3 Å². The van der Waals surface area contributed by atoms with Crippen LogP contribution < -0.4 is 5.32 Å². The lowest BCUT2D eigenvalue weighted by Crippen LogP contribution is -2.59. The van der Waals surface area contributed by atoms with Crippen LogP contribution in [-0.2, 0) is 21.4 Å². The van der Waals surface area contributed by atoms with E-state index in [1.807, 2.05) is 30.3 Å². The molecule has 1 saturated heterocycles. The molecule has 1 fully saturated rings. The number of nitrogens with zero attached hydrogens (tertiary/aromatic N) is 5. The first kappa shape index (κ1) is 27.8. The van der Waals surface area contributed by atoms with E-state index in [-0.39, 0.29) is 16.7 Å². The second-order valence-electron chi connectivity index (χ2n) is 9.32. The van der Waals surface area contributed by atoms with Gasteiger partial charge in [0, 0.05) is 49.8 Å². The number of thioether (sulfide) groups is 1. The molecule has 0 aliphatic carbocycles. The summed E-state index contributed by atoms with van der Waals surface area (Å²) in [5, 5.41) is 4.74. The number of piperazine rings is 1. The van der Waals surface area contributed by atoms with Crippen molar-refractivity contribution in [3.63, 3.8) is 0 Å². The molecule has 1 N–H and O–H groups in total. The summed E-state index contributed by atoms with van der Waals surface area (Å²) in [5.74, 6) is 1.52. The zero-order chi connectivity index (χ0) is 27.4. The molecule has 1 aromatic carbocycles.